The molecule has 0 spiro atoms. The Morgan fingerprint density at radius 1 is 1.33 bits per heavy atom. The van der Waals surface area contributed by atoms with Gasteiger partial charge in [-0.2, -0.15) is 0 Å². The molecule has 0 amide bonds. The molecule has 5 nitrogen and oxygen atoms in total. The van der Waals surface area contributed by atoms with Crippen LogP contribution in [-0.4, -0.2) is 19.5 Å². The zero-order chi connectivity index (χ0) is 10.8. The topological polar surface area (TPSA) is 69.6 Å². The Balaban J connectivity index is 2.49. The van der Waals surface area contributed by atoms with Gasteiger partial charge >= 0.3 is 0 Å². The largest absolute Gasteiger partial charge is 0.325 e. The lowest BCUT2D eigenvalue weighted by molar-refractivity contribution is 0.883. The monoisotopic (exact) mass is 203 g/mol. The number of nitrogens with zero attached hydrogens (tertiary/aromatic N) is 4. The maximum absolute atomic E-state index is 5.51. The minimum atomic E-state index is 0.396. The van der Waals surface area contributed by atoms with Crippen LogP contribution in [0.15, 0.2) is 18.7 Å². The molecule has 5 heteroatoms. The second kappa shape index (κ2) is 3.78. The van der Waals surface area contributed by atoms with Gasteiger partial charge in [-0.15, -0.1) is 0 Å². The van der Waals surface area contributed by atoms with Gasteiger partial charge in [0.25, 0.3) is 0 Å². The van der Waals surface area contributed by atoms with Crippen molar-refractivity contribution in [2.45, 2.75) is 20.4 Å². The van der Waals surface area contributed by atoms with Crippen LogP contribution in [0.4, 0.5) is 0 Å². The molecule has 0 aliphatic heterocycles. The summed E-state index contributed by atoms with van der Waals surface area (Å²) in [6.07, 6.45) is 5.12. The lowest BCUT2D eigenvalue weighted by atomic mass is 10.4. The highest BCUT2D eigenvalue weighted by molar-refractivity contribution is 5.25. The molecular formula is C10H13N5. The molecule has 2 rings (SSSR count). The molecule has 0 bridgehead atoms. The van der Waals surface area contributed by atoms with Gasteiger partial charge in [0, 0.05) is 18.4 Å². The second-order valence-electron chi connectivity index (χ2n) is 3.36. The van der Waals surface area contributed by atoms with E-state index in [0.717, 1.165) is 22.9 Å². The molecule has 0 unspecified atom stereocenters. The molecule has 0 atom stereocenters. The number of rotatable bonds is 2. The molecule has 0 radical (unpaired) electrons. The standard InChI is InChI=1S/C10H13N5/c1-7-8(2)15(6-13-7)10-5-12-4-9(3-11)14-10/h4-6H,3,11H2,1-2H3. The van der Waals surface area contributed by atoms with Crippen molar-refractivity contribution in [1.29, 1.82) is 0 Å². The lowest BCUT2D eigenvalue weighted by Crippen LogP contribution is -2.05. The third kappa shape index (κ3) is 1.73. The van der Waals surface area contributed by atoms with Gasteiger partial charge in [0.2, 0.25) is 0 Å². The molecule has 2 N–H and O–H groups in total. The highest BCUT2D eigenvalue weighted by Crippen LogP contribution is 2.10. The third-order valence-electron chi connectivity index (χ3n) is 2.38. The van der Waals surface area contributed by atoms with Crippen molar-refractivity contribution >= 4 is 0 Å². The van der Waals surface area contributed by atoms with Gasteiger partial charge in [-0.25, -0.2) is 9.97 Å². The number of aromatic nitrogens is 4. The summed E-state index contributed by atoms with van der Waals surface area (Å²) in [7, 11) is 0. The molecule has 0 fully saturated rings. The summed E-state index contributed by atoms with van der Waals surface area (Å²) in [6.45, 7) is 4.36. The zero-order valence-corrected chi connectivity index (χ0v) is 8.81. The van der Waals surface area contributed by atoms with Gasteiger partial charge in [0.1, 0.15) is 6.33 Å². The van der Waals surface area contributed by atoms with E-state index in [1.807, 2.05) is 18.4 Å². The minimum absolute atomic E-state index is 0.396. The maximum Gasteiger partial charge on any atom is 0.156 e. The quantitative estimate of drug-likeness (QED) is 0.781. The van der Waals surface area contributed by atoms with Crippen LogP contribution in [-0.2, 0) is 6.54 Å². The van der Waals surface area contributed by atoms with E-state index in [1.165, 1.54) is 0 Å². The van der Waals surface area contributed by atoms with Crippen LogP contribution in [0.25, 0.3) is 5.82 Å². The van der Waals surface area contributed by atoms with E-state index in [4.69, 9.17) is 5.73 Å². The van der Waals surface area contributed by atoms with Crippen LogP contribution >= 0.6 is 0 Å². The van der Waals surface area contributed by atoms with E-state index in [-0.39, 0.29) is 0 Å². The van der Waals surface area contributed by atoms with Crippen LogP contribution in [0.3, 0.4) is 0 Å². The smallest absolute Gasteiger partial charge is 0.156 e. The van der Waals surface area contributed by atoms with E-state index in [2.05, 4.69) is 15.0 Å². The molecule has 2 heterocycles. The maximum atomic E-state index is 5.51. The van der Waals surface area contributed by atoms with Crippen LogP contribution in [0.2, 0.25) is 0 Å². The van der Waals surface area contributed by atoms with E-state index in [0.29, 0.717) is 6.54 Å². The third-order valence-corrected chi connectivity index (χ3v) is 2.38. The molecular weight excluding hydrogens is 190 g/mol. The number of aryl methyl sites for hydroxylation is 1. The summed E-state index contributed by atoms with van der Waals surface area (Å²) < 4.78 is 1.90. The van der Waals surface area contributed by atoms with Crippen molar-refractivity contribution < 1.29 is 0 Å². The molecule has 0 aromatic carbocycles. The number of hydrogen-bond donors (Lipinski definition) is 1. The highest BCUT2D eigenvalue weighted by atomic mass is 15.1. The summed E-state index contributed by atoms with van der Waals surface area (Å²) in [5.74, 6) is 0.760. The highest BCUT2D eigenvalue weighted by Gasteiger charge is 2.05. The predicted molar refractivity (Wildman–Crippen MR) is 56.5 cm³/mol. The Labute approximate surface area is 88.0 Å². The van der Waals surface area contributed by atoms with Crippen molar-refractivity contribution in [2.75, 3.05) is 0 Å². The van der Waals surface area contributed by atoms with Crippen molar-refractivity contribution in [3.05, 3.63) is 35.8 Å². The van der Waals surface area contributed by atoms with E-state index in [9.17, 15) is 0 Å². The average molecular weight is 203 g/mol. The van der Waals surface area contributed by atoms with Crippen molar-refractivity contribution in [2.24, 2.45) is 5.73 Å². The summed E-state index contributed by atoms with van der Waals surface area (Å²) >= 11 is 0. The van der Waals surface area contributed by atoms with E-state index in [1.54, 1.807) is 18.7 Å². The van der Waals surface area contributed by atoms with Crippen molar-refractivity contribution in [3.8, 4) is 5.82 Å². The minimum Gasteiger partial charge on any atom is -0.325 e. The van der Waals surface area contributed by atoms with Gasteiger partial charge in [0.05, 0.1) is 17.6 Å². The molecule has 15 heavy (non-hydrogen) atoms. The lowest BCUT2D eigenvalue weighted by Gasteiger charge is -2.04. The first-order chi connectivity index (χ1) is 7.22. The molecule has 2 aromatic heterocycles. The van der Waals surface area contributed by atoms with Crippen molar-refractivity contribution in [1.82, 2.24) is 19.5 Å². The zero-order valence-electron chi connectivity index (χ0n) is 8.81. The van der Waals surface area contributed by atoms with Gasteiger partial charge in [-0.05, 0) is 13.8 Å². The molecule has 0 aliphatic carbocycles. The molecule has 78 valence electrons. The van der Waals surface area contributed by atoms with Gasteiger partial charge < -0.3 is 5.73 Å². The number of nitrogens with two attached hydrogens (primary N) is 1. The normalized spacial score (nSPS) is 10.6. The first-order valence-electron chi connectivity index (χ1n) is 4.74. The fourth-order valence-electron chi connectivity index (χ4n) is 1.34. The molecule has 0 saturated heterocycles. The Morgan fingerprint density at radius 2 is 2.13 bits per heavy atom. The van der Waals surface area contributed by atoms with Gasteiger partial charge in [-0.1, -0.05) is 0 Å². The summed E-state index contributed by atoms with van der Waals surface area (Å²) in [5, 5.41) is 0. The van der Waals surface area contributed by atoms with Crippen LogP contribution < -0.4 is 5.73 Å². The SMILES string of the molecule is Cc1ncn(-c2cncc(CN)n2)c1C. The first-order valence-corrected chi connectivity index (χ1v) is 4.74. The van der Waals surface area contributed by atoms with Crippen molar-refractivity contribution in [3.63, 3.8) is 0 Å². The Hall–Kier alpha value is -1.75. The average Bonchev–Trinajstić information content (AvgIpc) is 2.60. The van der Waals surface area contributed by atoms with Crippen LogP contribution in [0, 0.1) is 13.8 Å². The number of hydrogen-bond acceptors (Lipinski definition) is 4. The fraction of sp³-hybridized carbons (Fsp3) is 0.300. The summed E-state index contributed by atoms with van der Waals surface area (Å²) in [6, 6.07) is 0. The first kappa shape index (κ1) is 9.79. The summed E-state index contributed by atoms with van der Waals surface area (Å²) in [4.78, 5) is 12.7. The Kier molecular flexibility index (Phi) is 2.47. The predicted octanol–water partition coefficient (Wildman–Crippen LogP) is 0.738. The second-order valence-corrected chi connectivity index (χ2v) is 3.36. The van der Waals surface area contributed by atoms with Gasteiger partial charge in [0.15, 0.2) is 5.82 Å². The molecule has 0 saturated carbocycles. The van der Waals surface area contributed by atoms with Crippen LogP contribution in [0.1, 0.15) is 17.1 Å². The Morgan fingerprint density at radius 3 is 2.73 bits per heavy atom. The molecule has 0 aliphatic rings. The van der Waals surface area contributed by atoms with Crippen LogP contribution in [0.5, 0.6) is 0 Å². The van der Waals surface area contributed by atoms with Gasteiger partial charge in [-0.3, -0.25) is 9.55 Å². The number of imidazole rings is 1. The fourth-order valence-corrected chi connectivity index (χ4v) is 1.34. The molecule has 2 aromatic rings. The van der Waals surface area contributed by atoms with E-state index >= 15 is 0 Å². The Bertz CT molecular complexity index is 474. The summed E-state index contributed by atoms with van der Waals surface area (Å²) in [5.41, 5.74) is 8.35. The van der Waals surface area contributed by atoms with E-state index < -0.39 is 0 Å².